The molecule has 27 heavy (non-hydrogen) atoms. The quantitative estimate of drug-likeness (QED) is 0.795. The van der Waals surface area contributed by atoms with Crippen LogP contribution < -0.4 is 5.32 Å². The molecule has 0 aromatic heterocycles. The molecule has 9 heteroatoms. The van der Waals surface area contributed by atoms with Crippen LogP contribution in [0.4, 0.5) is 5.69 Å². The van der Waals surface area contributed by atoms with Crippen molar-refractivity contribution in [2.75, 3.05) is 38.0 Å². The minimum Gasteiger partial charge on any atom is -0.375 e. The average molecular weight is 428 g/mol. The Hall–Kier alpha value is -1.80. The zero-order valence-corrected chi connectivity index (χ0v) is 16.8. The topological polar surface area (TPSA) is 69.7 Å². The molecule has 0 bridgehead atoms. The Bertz CT molecular complexity index is 929. The molecule has 1 amide bonds. The van der Waals surface area contributed by atoms with E-state index < -0.39 is 10.0 Å². The van der Waals surface area contributed by atoms with E-state index in [1.807, 2.05) is 12.1 Å². The monoisotopic (exact) mass is 427 g/mol. The van der Waals surface area contributed by atoms with Gasteiger partial charge in [0, 0.05) is 31.2 Å². The van der Waals surface area contributed by atoms with Crippen molar-refractivity contribution in [1.29, 1.82) is 0 Å². The zero-order valence-electron chi connectivity index (χ0n) is 14.4. The third kappa shape index (κ3) is 4.73. The van der Waals surface area contributed by atoms with Gasteiger partial charge in [-0.2, -0.15) is 4.31 Å². The minimum atomic E-state index is -3.62. The van der Waals surface area contributed by atoms with Gasteiger partial charge in [0.05, 0.1) is 22.2 Å². The molecule has 2 aromatic carbocycles. The van der Waals surface area contributed by atoms with Gasteiger partial charge in [0.25, 0.3) is 0 Å². The van der Waals surface area contributed by atoms with E-state index in [0.717, 1.165) is 0 Å². The second-order valence-corrected chi connectivity index (χ2v) is 8.86. The van der Waals surface area contributed by atoms with Crippen molar-refractivity contribution in [2.24, 2.45) is 0 Å². The lowest BCUT2D eigenvalue weighted by atomic mass is 10.3. The van der Waals surface area contributed by atoms with Gasteiger partial charge < -0.3 is 10.2 Å². The number of benzene rings is 2. The second kappa shape index (κ2) is 8.48. The smallest absolute Gasteiger partial charge is 0.243 e. The van der Waals surface area contributed by atoms with E-state index in [0.29, 0.717) is 28.8 Å². The predicted octanol–water partition coefficient (Wildman–Crippen LogP) is 2.94. The predicted molar refractivity (Wildman–Crippen MR) is 107 cm³/mol. The van der Waals surface area contributed by atoms with Crippen LogP contribution in [0.2, 0.25) is 10.0 Å². The standard InChI is InChI=1S/C18H19Cl2N3O3S/c19-14-4-3-5-15(12-14)27(25,26)23-10-8-22(9-11-23)18(24)13-21-17-7-2-1-6-16(17)20/h1-7,12,21H,8-11,13H2. The molecule has 6 nitrogen and oxygen atoms in total. The summed E-state index contributed by atoms with van der Waals surface area (Å²) in [5.74, 6) is -0.102. The SMILES string of the molecule is O=C(CNc1ccccc1Cl)N1CCN(S(=O)(=O)c2cccc(Cl)c2)CC1. The highest BCUT2D eigenvalue weighted by atomic mass is 35.5. The van der Waals surface area contributed by atoms with Gasteiger partial charge >= 0.3 is 0 Å². The first kappa shape index (κ1) is 19.9. The second-order valence-electron chi connectivity index (χ2n) is 6.08. The molecule has 0 saturated carbocycles. The molecule has 1 aliphatic rings. The lowest BCUT2D eigenvalue weighted by molar-refractivity contribution is -0.130. The van der Waals surface area contributed by atoms with E-state index in [1.165, 1.54) is 16.4 Å². The molecule has 1 fully saturated rings. The fourth-order valence-corrected chi connectivity index (χ4v) is 4.77. The Labute approximate surface area is 168 Å². The van der Waals surface area contributed by atoms with E-state index in [2.05, 4.69) is 5.32 Å². The molecule has 1 saturated heterocycles. The van der Waals surface area contributed by atoms with Crippen molar-refractivity contribution >= 4 is 44.8 Å². The summed E-state index contributed by atoms with van der Waals surface area (Å²) in [7, 11) is -3.62. The maximum absolute atomic E-state index is 12.7. The van der Waals surface area contributed by atoms with Crippen molar-refractivity contribution < 1.29 is 13.2 Å². The van der Waals surface area contributed by atoms with Crippen LogP contribution in [-0.2, 0) is 14.8 Å². The molecular formula is C18H19Cl2N3O3S. The van der Waals surface area contributed by atoms with Crippen LogP contribution in [0.15, 0.2) is 53.4 Å². The first-order valence-electron chi connectivity index (χ1n) is 8.40. The molecule has 3 rings (SSSR count). The first-order chi connectivity index (χ1) is 12.9. The highest BCUT2D eigenvalue weighted by Gasteiger charge is 2.30. The van der Waals surface area contributed by atoms with E-state index in [9.17, 15) is 13.2 Å². The number of carbonyl (C=O) groups is 1. The number of rotatable bonds is 5. The lowest BCUT2D eigenvalue weighted by Crippen LogP contribution is -2.51. The lowest BCUT2D eigenvalue weighted by Gasteiger charge is -2.34. The van der Waals surface area contributed by atoms with Crippen LogP contribution >= 0.6 is 23.2 Å². The molecule has 0 aliphatic carbocycles. The van der Waals surface area contributed by atoms with Gasteiger partial charge in [-0.05, 0) is 30.3 Å². The molecule has 0 unspecified atom stereocenters. The summed E-state index contributed by atoms with van der Waals surface area (Å²) in [6.45, 7) is 1.26. The molecule has 1 heterocycles. The molecule has 0 atom stereocenters. The normalized spacial score (nSPS) is 15.6. The van der Waals surface area contributed by atoms with Crippen molar-refractivity contribution in [3.8, 4) is 0 Å². The third-order valence-corrected chi connectivity index (χ3v) is 6.79. The van der Waals surface area contributed by atoms with Crippen LogP contribution in [0.25, 0.3) is 0 Å². The molecule has 0 spiro atoms. The van der Waals surface area contributed by atoms with Gasteiger partial charge in [0.1, 0.15) is 0 Å². The van der Waals surface area contributed by atoms with E-state index in [-0.39, 0.29) is 30.4 Å². The molecule has 1 N–H and O–H groups in total. The number of carbonyl (C=O) groups excluding carboxylic acids is 1. The average Bonchev–Trinajstić information content (AvgIpc) is 2.67. The maximum atomic E-state index is 12.7. The molecule has 1 aliphatic heterocycles. The minimum absolute atomic E-state index is 0.102. The number of anilines is 1. The van der Waals surface area contributed by atoms with Gasteiger partial charge in [-0.3, -0.25) is 4.79 Å². The number of hydrogen-bond acceptors (Lipinski definition) is 4. The summed E-state index contributed by atoms with van der Waals surface area (Å²) in [6.07, 6.45) is 0. The summed E-state index contributed by atoms with van der Waals surface area (Å²) in [4.78, 5) is 14.2. The summed E-state index contributed by atoms with van der Waals surface area (Å²) in [5.41, 5.74) is 0.690. The van der Waals surface area contributed by atoms with Crippen LogP contribution in [0, 0.1) is 0 Å². The Morgan fingerprint density at radius 1 is 1.00 bits per heavy atom. The Morgan fingerprint density at radius 2 is 1.70 bits per heavy atom. The van der Waals surface area contributed by atoms with Gasteiger partial charge in [0.2, 0.25) is 15.9 Å². The van der Waals surface area contributed by atoms with Crippen LogP contribution in [0.3, 0.4) is 0 Å². The van der Waals surface area contributed by atoms with Gasteiger partial charge in [-0.25, -0.2) is 8.42 Å². The summed E-state index contributed by atoms with van der Waals surface area (Å²) >= 11 is 12.0. The Balaban J connectivity index is 1.57. The zero-order chi connectivity index (χ0) is 19.4. The highest BCUT2D eigenvalue weighted by molar-refractivity contribution is 7.89. The number of nitrogens with zero attached hydrogens (tertiary/aromatic N) is 2. The number of para-hydroxylation sites is 1. The molecular weight excluding hydrogens is 409 g/mol. The molecule has 0 radical (unpaired) electrons. The third-order valence-electron chi connectivity index (χ3n) is 4.33. The number of sulfonamides is 1. The van der Waals surface area contributed by atoms with Crippen LogP contribution in [0.5, 0.6) is 0 Å². The summed E-state index contributed by atoms with van der Waals surface area (Å²) < 4.78 is 26.8. The van der Waals surface area contributed by atoms with E-state index >= 15 is 0 Å². The molecule has 2 aromatic rings. The number of piperazine rings is 1. The van der Waals surface area contributed by atoms with Crippen LogP contribution in [0.1, 0.15) is 0 Å². The van der Waals surface area contributed by atoms with E-state index in [4.69, 9.17) is 23.2 Å². The Kier molecular flexibility index (Phi) is 6.26. The van der Waals surface area contributed by atoms with Crippen molar-refractivity contribution in [1.82, 2.24) is 9.21 Å². The Morgan fingerprint density at radius 3 is 2.37 bits per heavy atom. The highest BCUT2D eigenvalue weighted by Crippen LogP contribution is 2.22. The number of halogens is 2. The number of nitrogens with one attached hydrogen (secondary N) is 1. The first-order valence-corrected chi connectivity index (χ1v) is 10.6. The van der Waals surface area contributed by atoms with Gasteiger partial charge in [0.15, 0.2) is 0 Å². The summed E-state index contributed by atoms with van der Waals surface area (Å²) in [5, 5.41) is 3.93. The van der Waals surface area contributed by atoms with Gasteiger partial charge in [-0.1, -0.05) is 41.4 Å². The van der Waals surface area contributed by atoms with Crippen LogP contribution in [-0.4, -0.2) is 56.3 Å². The fraction of sp³-hybridized carbons (Fsp3) is 0.278. The maximum Gasteiger partial charge on any atom is 0.243 e. The van der Waals surface area contributed by atoms with E-state index in [1.54, 1.807) is 29.2 Å². The summed E-state index contributed by atoms with van der Waals surface area (Å²) in [6, 6.07) is 13.4. The largest absolute Gasteiger partial charge is 0.375 e. The fourth-order valence-electron chi connectivity index (χ4n) is 2.84. The van der Waals surface area contributed by atoms with Crippen molar-refractivity contribution in [3.63, 3.8) is 0 Å². The van der Waals surface area contributed by atoms with Gasteiger partial charge in [-0.15, -0.1) is 0 Å². The number of amides is 1. The van der Waals surface area contributed by atoms with Crippen molar-refractivity contribution in [2.45, 2.75) is 4.90 Å². The molecule has 144 valence electrons. The number of hydrogen-bond donors (Lipinski definition) is 1. The van der Waals surface area contributed by atoms with Crippen molar-refractivity contribution in [3.05, 3.63) is 58.6 Å².